The maximum atomic E-state index is 12.9. The molecule has 84 valence electrons. The molecule has 6 heteroatoms. The van der Waals surface area contributed by atoms with Crippen molar-refractivity contribution in [2.24, 2.45) is 0 Å². The summed E-state index contributed by atoms with van der Waals surface area (Å²) in [5.74, 6) is 0.206. The highest BCUT2D eigenvalue weighted by Gasteiger charge is 2.02. The molecule has 0 fully saturated rings. The third kappa shape index (κ3) is 2.47. The van der Waals surface area contributed by atoms with Crippen LogP contribution in [-0.2, 0) is 6.42 Å². The number of nitrogen functional groups attached to an aromatic ring is 1. The highest BCUT2D eigenvalue weighted by molar-refractivity contribution is 5.65. The van der Waals surface area contributed by atoms with E-state index in [2.05, 4.69) is 15.5 Å². The van der Waals surface area contributed by atoms with Gasteiger partial charge in [-0.3, -0.25) is 0 Å². The Morgan fingerprint density at radius 3 is 3.06 bits per heavy atom. The molecule has 3 N–H and O–H groups in total. The lowest BCUT2D eigenvalue weighted by Crippen LogP contribution is -2.07. The van der Waals surface area contributed by atoms with Crippen molar-refractivity contribution in [3.63, 3.8) is 0 Å². The second-order valence-electron chi connectivity index (χ2n) is 3.24. The highest BCUT2D eigenvalue weighted by Crippen LogP contribution is 2.18. The average Bonchev–Trinajstić information content (AvgIpc) is 2.76. The summed E-state index contributed by atoms with van der Waals surface area (Å²) in [4.78, 5) is 3.86. The van der Waals surface area contributed by atoms with Gasteiger partial charge in [-0.25, -0.2) is 4.39 Å². The van der Waals surface area contributed by atoms with Gasteiger partial charge in [0.05, 0.1) is 11.4 Å². The molecule has 2 rings (SSSR count). The second-order valence-corrected chi connectivity index (χ2v) is 3.24. The Labute approximate surface area is 91.5 Å². The fourth-order valence-corrected chi connectivity index (χ4v) is 1.29. The van der Waals surface area contributed by atoms with Crippen molar-refractivity contribution in [3.8, 4) is 0 Å². The van der Waals surface area contributed by atoms with Gasteiger partial charge in [0, 0.05) is 13.0 Å². The van der Waals surface area contributed by atoms with Gasteiger partial charge in [-0.2, -0.15) is 4.98 Å². The number of aromatic nitrogens is 2. The third-order valence-electron chi connectivity index (χ3n) is 2.08. The van der Waals surface area contributed by atoms with E-state index in [1.165, 1.54) is 24.5 Å². The van der Waals surface area contributed by atoms with Crippen LogP contribution >= 0.6 is 0 Å². The van der Waals surface area contributed by atoms with Gasteiger partial charge in [-0.15, -0.1) is 0 Å². The van der Waals surface area contributed by atoms with Crippen LogP contribution in [0.3, 0.4) is 0 Å². The van der Waals surface area contributed by atoms with E-state index < -0.39 is 0 Å². The van der Waals surface area contributed by atoms with Crippen molar-refractivity contribution in [1.82, 2.24) is 10.1 Å². The van der Waals surface area contributed by atoms with E-state index >= 15 is 0 Å². The molecule has 0 unspecified atom stereocenters. The van der Waals surface area contributed by atoms with E-state index in [0.29, 0.717) is 30.2 Å². The van der Waals surface area contributed by atoms with E-state index in [1.54, 1.807) is 0 Å². The lowest BCUT2D eigenvalue weighted by molar-refractivity contribution is 0.380. The molecule has 1 aromatic carbocycles. The summed E-state index contributed by atoms with van der Waals surface area (Å²) in [5.41, 5.74) is 6.74. The second kappa shape index (κ2) is 4.61. The SMILES string of the molecule is Nc1ccc(F)cc1NCCc1ncno1. The van der Waals surface area contributed by atoms with Crippen LogP contribution in [0.4, 0.5) is 15.8 Å². The first-order chi connectivity index (χ1) is 7.75. The molecule has 0 saturated carbocycles. The Kier molecular flexibility index (Phi) is 3.00. The van der Waals surface area contributed by atoms with Crippen LogP contribution in [0.1, 0.15) is 5.89 Å². The van der Waals surface area contributed by atoms with Gasteiger partial charge in [0.25, 0.3) is 0 Å². The van der Waals surface area contributed by atoms with Gasteiger partial charge in [0.1, 0.15) is 5.82 Å². The fraction of sp³-hybridized carbons (Fsp3) is 0.200. The van der Waals surface area contributed by atoms with E-state index in [1.807, 2.05) is 0 Å². The Morgan fingerprint density at radius 1 is 1.44 bits per heavy atom. The minimum Gasteiger partial charge on any atom is -0.397 e. The molecule has 0 saturated heterocycles. The first-order valence-electron chi connectivity index (χ1n) is 4.80. The van der Waals surface area contributed by atoms with E-state index in [4.69, 9.17) is 10.3 Å². The smallest absolute Gasteiger partial charge is 0.228 e. The van der Waals surface area contributed by atoms with Crippen LogP contribution in [0.5, 0.6) is 0 Å². The molecule has 0 amide bonds. The van der Waals surface area contributed by atoms with Crippen molar-refractivity contribution in [2.75, 3.05) is 17.6 Å². The molecule has 1 heterocycles. The van der Waals surface area contributed by atoms with Crippen molar-refractivity contribution < 1.29 is 8.91 Å². The first-order valence-corrected chi connectivity index (χ1v) is 4.80. The van der Waals surface area contributed by atoms with Gasteiger partial charge < -0.3 is 15.6 Å². The zero-order chi connectivity index (χ0) is 11.4. The number of benzene rings is 1. The minimum absolute atomic E-state index is 0.325. The molecular formula is C10H11FN4O. The normalized spacial score (nSPS) is 10.3. The molecule has 0 aliphatic heterocycles. The lowest BCUT2D eigenvalue weighted by Gasteiger charge is -2.07. The van der Waals surface area contributed by atoms with Crippen LogP contribution in [-0.4, -0.2) is 16.7 Å². The number of hydrogen-bond acceptors (Lipinski definition) is 5. The van der Waals surface area contributed by atoms with Crippen LogP contribution in [0.15, 0.2) is 29.0 Å². The standard InChI is InChI=1S/C10H11FN4O/c11-7-1-2-8(12)9(5-7)13-4-3-10-14-6-15-16-10/h1-2,5-6,13H,3-4,12H2. The Balaban J connectivity index is 1.92. The van der Waals surface area contributed by atoms with Crippen LogP contribution < -0.4 is 11.1 Å². The summed E-state index contributed by atoms with van der Waals surface area (Å²) in [6.07, 6.45) is 1.90. The zero-order valence-corrected chi connectivity index (χ0v) is 8.48. The summed E-state index contributed by atoms with van der Waals surface area (Å²) < 4.78 is 17.7. The maximum absolute atomic E-state index is 12.9. The Bertz CT molecular complexity index is 458. The number of nitrogens with zero attached hydrogens (tertiary/aromatic N) is 2. The highest BCUT2D eigenvalue weighted by atomic mass is 19.1. The van der Waals surface area contributed by atoms with Gasteiger partial charge in [0.15, 0.2) is 6.33 Å². The minimum atomic E-state index is -0.325. The predicted octanol–water partition coefficient (Wildman–Crippen LogP) is 1.45. The van der Waals surface area contributed by atoms with Gasteiger partial charge >= 0.3 is 0 Å². The van der Waals surface area contributed by atoms with Gasteiger partial charge in [-0.1, -0.05) is 5.16 Å². The zero-order valence-electron chi connectivity index (χ0n) is 8.48. The number of halogens is 1. The molecule has 0 radical (unpaired) electrons. The largest absolute Gasteiger partial charge is 0.397 e. The van der Waals surface area contributed by atoms with Gasteiger partial charge in [0.2, 0.25) is 5.89 Å². The van der Waals surface area contributed by atoms with Crippen molar-refractivity contribution in [2.45, 2.75) is 6.42 Å². The molecule has 0 atom stereocenters. The molecule has 0 spiro atoms. The number of nitrogens with two attached hydrogens (primary N) is 1. The average molecular weight is 222 g/mol. The summed E-state index contributed by atoms with van der Waals surface area (Å²) in [6, 6.07) is 4.19. The molecule has 0 aliphatic rings. The van der Waals surface area contributed by atoms with Crippen LogP contribution in [0.25, 0.3) is 0 Å². The molecule has 0 aliphatic carbocycles. The van der Waals surface area contributed by atoms with Crippen molar-refractivity contribution in [1.29, 1.82) is 0 Å². The molecule has 1 aromatic heterocycles. The number of anilines is 2. The third-order valence-corrected chi connectivity index (χ3v) is 2.08. The Hall–Kier alpha value is -2.11. The van der Waals surface area contributed by atoms with Crippen LogP contribution in [0.2, 0.25) is 0 Å². The summed E-state index contributed by atoms with van der Waals surface area (Å²) in [6.45, 7) is 0.551. The number of hydrogen-bond donors (Lipinski definition) is 2. The topological polar surface area (TPSA) is 77.0 Å². The first kappa shape index (κ1) is 10.4. The van der Waals surface area contributed by atoms with E-state index in [9.17, 15) is 4.39 Å². The van der Waals surface area contributed by atoms with Gasteiger partial charge in [-0.05, 0) is 18.2 Å². The van der Waals surface area contributed by atoms with Crippen molar-refractivity contribution >= 4 is 11.4 Å². The number of nitrogens with one attached hydrogen (secondary N) is 1. The predicted molar refractivity (Wildman–Crippen MR) is 57.3 cm³/mol. The summed E-state index contributed by atoms with van der Waals surface area (Å²) in [7, 11) is 0. The Morgan fingerprint density at radius 2 is 2.31 bits per heavy atom. The number of rotatable bonds is 4. The maximum Gasteiger partial charge on any atom is 0.228 e. The monoisotopic (exact) mass is 222 g/mol. The van der Waals surface area contributed by atoms with E-state index in [-0.39, 0.29) is 5.82 Å². The van der Waals surface area contributed by atoms with Crippen molar-refractivity contribution in [3.05, 3.63) is 36.2 Å². The van der Waals surface area contributed by atoms with Crippen LogP contribution in [0, 0.1) is 5.82 Å². The molecule has 5 nitrogen and oxygen atoms in total. The lowest BCUT2D eigenvalue weighted by atomic mass is 10.2. The molecule has 2 aromatic rings. The molecule has 0 bridgehead atoms. The molecule has 16 heavy (non-hydrogen) atoms. The summed E-state index contributed by atoms with van der Waals surface area (Å²) in [5, 5.41) is 6.48. The van der Waals surface area contributed by atoms with E-state index in [0.717, 1.165) is 0 Å². The molecular weight excluding hydrogens is 211 g/mol. The fourth-order valence-electron chi connectivity index (χ4n) is 1.29. The summed E-state index contributed by atoms with van der Waals surface area (Å²) >= 11 is 0. The quantitative estimate of drug-likeness (QED) is 0.765.